The lowest BCUT2D eigenvalue weighted by molar-refractivity contribution is 0.251. The standard InChI is InChI=1S/C15H18N2O/c1-17-9-4-5-12(17)11-16-14-8-10-18-15-7-3-2-6-13(14)15/h2-7,9,14,16H,8,10-11H2,1H3/t14-/m1/s1. The van der Waals surface area contributed by atoms with E-state index in [2.05, 4.69) is 47.4 Å². The molecular weight excluding hydrogens is 224 g/mol. The molecule has 18 heavy (non-hydrogen) atoms. The topological polar surface area (TPSA) is 26.2 Å². The van der Waals surface area contributed by atoms with E-state index in [1.165, 1.54) is 11.3 Å². The lowest BCUT2D eigenvalue weighted by Crippen LogP contribution is -2.27. The molecule has 1 N–H and O–H groups in total. The second-order valence-electron chi connectivity index (χ2n) is 4.72. The molecule has 0 bridgehead atoms. The Bertz CT molecular complexity index is 533. The number of nitrogens with zero attached hydrogens (tertiary/aromatic N) is 1. The van der Waals surface area contributed by atoms with Crippen LogP contribution in [0.1, 0.15) is 23.7 Å². The lowest BCUT2D eigenvalue weighted by Gasteiger charge is -2.26. The number of hydrogen-bond donors (Lipinski definition) is 1. The number of fused-ring (bicyclic) bond motifs is 1. The Balaban J connectivity index is 1.73. The van der Waals surface area contributed by atoms with E-state index in [-0.39, 0.29) is 0 Å². The fourth-order valence-electron chi connectivity index (χ4n) is 2.46. The van der Waals surface area contributed by atoms with Gasteiger partial charge in [0.1, 0.15) is 5.75 Å². The minimum Gasteiger partial charge on any atom is -0.493 e. The summed E-state index contributed by atoms with van der Waals surface area (Å²) in [6.45, 7) is 1.68. The van der Waals surface area contributed by atoms with Crippen molar-refractivity contribution in [2.75, 3.05) is 6.61 Å². The summed E-state index contributed by atoms with van der Waals surface area (Å²) in [5.74, 6) is 1.02. The Kier molecular flexibility index (Phi) is 3.07. The molecule has 1 aromatic heterocycles. The van der Waals surface area contributed by atoms with Crippen molar-refractivity contribution in [1.29, 1.82) is 0 Å². The van der Waals surface area contributed by atoms with Crippen LogP contribution in [0.15, 0.2) is 42.6 Å². The fraction of sp³-hybridized carbons (Fsp3) is 0.333. The number of rotatable bonds is 3. The molecule has 0 unspecified atom stereocenters. The highest BCUT2D eigenvalue weighted by molar-refractivity contribution is 5.37. The molecule has 1 aliphatic heterocycles. The minimum absolute atomic E-state index is 0.393. The number of benzene rings is 1. The third-order valence-corrected chi connectivity index (χ3v) is 3.54. The highest BCUT2D eigenvalue weighted by atomic mass is 16.5. The van der Waals surface area contributed by atoms with Crippen LogP contribution in [-0.2, 0) is 13.6 Å². The van der Waals surface area contributed by atoms with Gasteiger partial charge in [-0.2, -0.15) is 0 Å². The van der Waals surface area contributed by atoms with Crippen molar-refractivity contribution >= 4 is 0 Å². The molecule has 3 rings (SSSR count). The average Bonchev–Trinajstić information content (AvgIpc) is 2.82. The van der Waals surface area contributed by atoms with Crippen LogP contribution in [0.4, 0.5) is 0 Å². The molecule has 1 aliphatic rings. The van der Waals surface area contributed by atoms with Crippen molar-refractivity contribution < 1.29 is 4.74 Å². The van der Waals surface area contributed by atoms with Crippen molar-refractivity contribution in [3.63, 3.8) is 0 Å². The van der Waals surface area contributed by atoms with Crippen LogP contribution >= 0.6 is 0 Å². The molecule has 0 aliphatic carbocycles. The van der Waals surface area contributed by atoms with Gasteiger partial charge in [0.15, 0.2) is 0 Å². The van der Waals surface area contributed by atoms with Crippen LogP contribution in [0.5, 0.6) is 5.75 Å². The molecule has 2 heterocycles. The van der Waals surface area contributed by atoms with Crippen molar-refractivity contribution in [2.45, 2.75) is 19.0 Å². The smallest absolute Gasteiger partial charge is 0.124 e. The molecule has 94 valence electrons. The Morgan fingerprint density at radius 1 is 1.28 bits per heavy atom. The SMILES string of the molecule is Cn1cccc1CN[C@@H]1CCOc2ccccc21. The van der Waals surface area contributed by atoms with Crippen LogP contribution in [0, 0.1) is 0 Å². The van der Waals surface area contributed by atoms with Gasteiger partial charge < -0.3 is 14.6 Å². The lowest BCUT2D eigenvalue weighted by atomic mass is 10.0. The Labute approximate surface area is 107 Å². The third kappa shape index (κ3) is 2.14. The van der Waals surface area contributed by atoms with Gasteiger partial charge in [-0.05, 0) is 18.2 Å². The predicted molar refractivity (Wildman–Crippen MR) is 71.5 cm³/mol. The predicted octanol–water partition coefficient (Wildman–Crippen LogP) is 2.64. The van der Waals surface area contributed by atoms with Gasteiger partial charge in [0, 0.05) is 43.5 Å². The van der Waals surface area contributed by atoms with E-state index in [9.17, 15) is 0 Å². The second-order valence-corrected chi connectivity index (χ2v) is 4.72. The maximum absolute atomic E-state index is 5.67. The maximum atomic E-state index is 5.67. The summed E-state index contributed by atoms with van der Waals surface area (Å²) < 4.78 is 7.82. The number of para-hydroxylation sites is 1. The molecule has 0 radical (unpaired) electrons. The quantitative estimate of drug-likeness (QED) is 0.895. The van der Waals surface area contributed by atoms with Gasteiger partial charge in [-0.25, -0.2) is 0 Å². The fourth-order valence-corrected chi connectivity index (χ4v) is 2.46. The number of ether oxygens (including phenoxy) is 1. The van der Waals surface area contributed by atoms with Gasteiger partial charge in [0.05, 0.1) is 6.61 Å². The first-order valence-corrected chi connectivity index (χ1v) is 6.40. The summed E-state index contributed by atoms with van der Waals surface area (Å²) in [4.78, 5) is 0. The summed E-state index contributed by atoms with van der Waals surface area (Å²) in [7, 11) is 2.08. The van der Waals surface area contributed by atoms with Crippen LogP contribution in [0.25, 0.3) is 0 Å². The second kappa shape index (κ2) is 4.86. The molecule has 3 heteroatoms. The van der Waals surface area contributed by atoms with Gasteiger partial charge in [0.2, 0.25) is 0 Å². The van der Waals surface area contributed by atoms with Gasteiger partial charge >= 0.3 is 0 Å². The van der Waals surface area contributed by atoms with Crippen molar-refractivity contribution in [2.24, 2.45) is 7.05 Å². The van der Waals surface area contributed by atoms with E-state index in [1.807, 2.05) is 12.1 Å². The monoisotopic (exact) mass is 242 g/mol. The Morgan fingerprint density at radius 2 is 2.17 bits per heavy atom. The normalized spacial score (nSPS) is 18.2. The molecule has 2 aromatic rings. The number of aromatic nitrogens is 1. The average molecular weight is 242 g/mol. The van der Waals surface area contributed by atoms with E-state index in [0.29, 0.717) is 6.04 Å². The molecule has 1 aromatic carbocycles. The largest absolute Gasteiger partial charge is 0.493 e. The first-order valence-electron chi connectivity index (χ1n) is 6.40. The highest BCUT2D eigenvalue weighted by Gasteiger charge is 2.20. The van der Waals surface area contributed by atoms with Gasteiger partial charge in [0.25, 0.3) is 0 Å². The molecule has 1 atom stereocenters. The summed E-state index contributed by atoms with van der Waals surface area (Å²) >= 11 is 0. The van der Waals surface area contributed by atoms with Gasteiger partial charge in [-0.1, -0.05) is 18.2 Å². The number of aryl methyl sites for hydroxylation is 1. The van der Waals surface area contributed by atoms with Crippen LogP contribution in [0.2, 0.25) is 0 Å². The molecule has 0 spiro atoms. The molecule has 0 amide bonds. The zero-order chi connectivity index (χ0) is 12.4. The summed E-state index contributed by atoms with van der Waals surface area (Å²) in [6.07, 6.45) is 3.11. The van der Waals surface area contributed by atoms with Gasteiger partial charge in [-0.15, -0.1) is 0 Å². The molecule has 0 fully saturated rings. The Morgan fingerprint density at radius 3 is 3.00 bits per heavy atom. The Hall–Kier alpha value is -1.74. The van der Waals surface area contributed by atoms with Crippen molar-refractivity contribution in [3.05, 3.63) is 53.9 Å². The van der Waals surface area contributed by atoms with E-state index in [1.54, 1.807) is 0 Å². The highest BCUT2D eigenvalue weighted by Crippen LogP contribution is 2.31. The van der Waals surface area contributed by atoms with Crippen LogP contribution in [0.3, 0.4) is 0 Å². The first kappa shape index (κ1) is 11.4. The van der Waals surface area contributed by atoms with E-state index >= 15 is 0 Å². The molecule has 3 nitrogen and oxygen atoms in total. The molecule has 0 saturated carbocycles. The zero-order valence-electron chi connectivity index (χ0n) is 10.6. The first-order chi connectivity index (χ1) is 8.84. The third-order valence-electron chi connectivity index (χ3n) is 3.54. The summed E-state index contributed by atoms with van der Waals surface area (Å²) in [6, 6.07) is 12.9. The summed E-state index contributed by atoms with van der Waals surface area (Å²) in [5.41, 5.74) is 2.58. The summed E-state index contributed by atoms with van der Waals surface area (Å²) in [5, 5.41) is 3.62. The maximum Gasteiger partial charge on any atom is 0.124 e. The van der Waals surface area contributed by atoms with Crippen molar-refractivity contribution in [1.82, 2.24) is 9.88 Å². The van der Waals surface area contributed by atoms with E-state index in [0.717, 1.165) is 25.3 Å². The van der Waals surface area contributed by atoms with E-state index in [4.69, 9.17) is 4.74 Å². The van der Waals surface area contributed by atoms with E-state index < -0.39 is 0 Å². The minimum atomic E-state index is 0.393. The number of nitrogens with one attached hydrogen (secondary N) is 1. The van der Waals surface area contributed by atoms with Crippen LogP contribution in [-0.4, -0.2) is 11.2 Å². The molecule has 0 saturated heterocycles. The zero-order valence-corrected chi connectivity index (χ0v) is 10.6. The molecular formula is C15H18N2O. The van der Waals surface area contributed by atoms with Crippen LogP contribution < -0.4 is 10.1 Å². The number of hydrogen-bond acceptors (Lipinski definition) is 2. The van der Waals surface area contributed by atoms with Gasteiger partial charge in [-0.3, -0.25) is 0 Å². The van der Waals surface area contributed by atoms with Crippen molar-refractivity contribution in [3.8, 4) is 5.75 Å².